The largest absolute Gasteiger partial charge is 0.489 e. The zero-order valence-electron chi connectivity index (χ0n) is 10.3. The molecule has 0 amide bonds. The van der Waals surface area contributed by atoms with Crippen molar-refractivity contribution in [3.63, 3.8) is 0 Å². The van der Waals surface area contributed by atoms with Crippen molar-refractivity contribution in [2.45, 2.75) is 32.8 Å². The highest BCUT2D eigenvalue weighted by Gasteiger charge is 2.09. The predicted molar refractivity (Wildman–Crippen MR) is 67.3 cm³/mol. The summed E-state index contributed by atoms with van der Waals surface area (Å²) in [6.45, 7) is 4.36. The molecule has 0 saturated heterocycles. The minimum Gasteiger partial charge on any atom is -0.489 e. The van der Waals surface area contributed by atoms with E-state index >= 15 is 0 Å². The van der Waals surface area contributed by atoms with Gasteiger partial charge in [-0.05, 0) is 25.0 Å². The molecule has 3 heteroatoms. The molecule has 1 aromatic carbocycles. The lowest BCUT2D eigenvalue weighted by Crippen LogP contribution is -2.14. The lowest BCUT2D eigenvalue weighted by Gasteiger charge is -2.16. The van der Waals surface area contributed by atoms with Gasteiger partial charge in [0.25, 0.3) is 0 Å². The first kappa shape index (κ1) is 13.5. The summed E-state index contributed by atoms with van der Waals surface area (Å²) in [5, 5.41) is 0. The fourth-order valence-electron chi connectivity index (χ4n) is 1.48. The van der Waals surface area contributed by atoms with Crippen molar-refractivity contribution in [1.29, 1.82) is 0 Å². The van der Waals surface area contributed by atoms with Gasteiger partial charge in [0.2, 0.25) is 0 Å². The van der Waals surface area contributed by atoms with Crippen LogP contribution in [0.15, 0.2) is 18.2 Å². The Morgan fingerprint density at radius 1 is 1.35 bits per heavy atom. The van der Waals surface area contributed by atoms with Crippen LogP contribution >= 0.6 is 0 Å². The molecular weight excluding hydrogens is 217 g/mol. The van der Waals surface area contributed by atoms with E-state index in [0.29, 0.717) is 11.3 Å². The van der Waals surface area contributed by atoms with Crippen molar-refractivity contribution in [2.24, 2.45) is 5.73 Å². The Kier molecular flexibility index (Phi) is 5.51. The third kappa shape index (κ3) is 4.08. The van der Waals surface area contributed by atoms with E-state index in [4.69, 9.17) is 10.5 Å². The first-order chi connectivity index (χ1) is 8.21. The normalized spacial score (nSPS) is 9.94. The number of nitrogens with two attached hydrogens (primary N) is 1. The van der Waals surface area contributed by atoms with Crippen LogP contribution in [0.1, 0.15) is 32.3 Å². The van der Waals surface area contributed by atoms with E-state index in [1.165, 1.54) is 12.1 Å². The summed E-state index contributed by atoms with van der Waals surface area (Å²) < 4.78 is 18.9. The third-order valence-corrected chi connectivity index (χ3v) is 2.47. The van der Waals surface area contributed by atoms with Crippen molar-refractivity contribution < 1.29 is 9.13 Å². The van der Waals surface area contributed by atoms with Gasteiger partial charge in [0, 0.05) is 6.07 Å². The lowest BCUT2D eigenvalue weighted by molar-refractivity contribution is 0.191. The van der Waals surface area contributed by atoms with Crippen molar-refractivity contribution in [2.75, 3.05) is 6.54 Å². The minimum absolute atomic E-state index is 0.0928. The zero-order valence-corrected chi connectivity index (χ0v) is 10.3. The molecule has 0 spiro atoms. The average molecular weight is 235 g/mol. The maximum Gasteiger partial charge on any atom is 0.138 e. The van der Waals surface area contributed by atoms with Gasteiger partial charge in [-0.15, -0.1) is 0 Å². The van der Waals surface area contributed by atoms with Crippen LogP contribution in [-0.2, 0) is 0 Å². The molecule has 0 bridgehead atoms. The van der Waals surface area contributed by atoms with E-state index in [9.17, 15) is 4.39 Å². The summed E-state index contributed by atoms with van der Waals surface area (Å²) in [6.07, 6.45) is 1.86. The molecule has 0 saturated carbocycles. The van der Waals surface area contributed by atoms with Gasteiger partial charge in [0.15, 0.2) is 0 Å². The first-order valence-corrected chi connectivity index (χ1v) is 5.86. The molecule has 0 fully saturated rings. The van der Waals surface area contributed by atoms with Gasteiger partial charge in [0.05, 0.1) is 18.2 Å². The van der Waals surface area contributed by atoms with E-state index in [1.807, 2.05) is 13.8 Å². The maximum atomic E-state index is 13.2. The summed E-state index contributed by atoms with van der Waals surface area (Å²) in [5.41, 5.74) is 6.01. The number of ether oxygens (including phenoxy) is 1. The summed E-state index contributed by atoms with van der Waals surface area (Å²) >= 11 is 0. The molecule has 1 aromatic rings. The molecule has 92 valence electrons. The SMILES string of the molecule is CCC(CC)Oc1cc(F)ccc1C#CCN. The Hall–Kier alpha value is -1.53. The second-order valence-electron chi connectivity index (χ2n) is 3.70. The molecule has 0 unspecified atom stereocenters. The molecule has 0 heterocycles. The molecule has 0 aliphatic rings. The molecule has 2 N–H and O–H groups in total. The van der Waals surface area contributed by atoms with E-state index in [0.717, 1.165) is 12.8 Å². The van der Waals surface area contributed by atoms with Crippen LogP contribution in [0.2, 0.25) is 0 Å². The molecule has 0 radical (unpaired) electrons. The Labute approximate surface area is 102 Å². The zero-order chi connectivity index (χ0) is 12.7. The standard InChI is InChI=1S/C14H18FNO/c1-3-13(4-2)17-14-10-12(15)8-7-11(14)6-5-9-16/h7-8,10,13H,3-4,9,16H2,1-2H3. The van der Waals surface area contributed by atoms with Crippen LogP contribution in [0.25, 0.3) is 0 Å². The van der Waals surface area contributed by atoms with Crippen molar-refractivity contribution >= 4 is 0 Å². The quantitative estimate of drug-likeness (QED) is 0.814. The van der Waals surface area contributed by atoms with Crippen LogP contribution in [-0.4, -0.2) is 12.6 Å². The number of hydrogen-bond acceptors (Lipinski definition) is 2. The van der Waals surface area contributed by atoms with Gasteiger partial charge < -0.3 is 10.5 Å². The van der Waals surface area contributed by atoms with Gasteiger partial charge in [-0.25, -0.2) is 4.39 Å². The summed E-state index contributed by atoms with van der Waals surface area (Å²) in [4.78, 5) is 0. The molecule has 1 rings (SSSR count). The first-order valence-electron chi connectivity index (χ1n) is 5.86. The minimum atomic E-state index is -0.316. The molecule has 0 aliphatic heterocycles. The lowest BCUT2D eigenvalue weighted by atomic mass is 10.1. The van der Waals surface area contributed by atoms with Gasteiger partial charge in [-0.1, -0.05) is 25.7 Å². The smallest absolute Gasteiger partial charge is 0.138 e. The molecule has 2 nitrogen and oxygen atoms in total. The number of rotatable bonds is 4. The predicted octanol–water partition coefficient (Wildman–Crippen LogP) is 2.70. The Bertz CT molecular complexity index is 416. The second-order valence-corrected chi connectivity index (χ2v) is 3.70. The maximum absolute atomic E-state index is 13.2. The van der Waals surface area contributed by atoms with Crippen LogP contribution < -0.4 is 10.5 Å². The van der Waals surface area contributed by atoms with E-state index < -0.39 is 0 Å². The molecule has 17 heavy (non-hydrogen) atoms. The van der Waals surface area contributed by atoms with Gasteiger partial charge in [-0.3, -0.25) is 0 Å². The van der Waals surface area contributed by atoms with Crippen LogP contribution in [0.3, 0.4) is 0 Å². The summed E-state index contributed by atoms with van der Waals surface area (Å²) in [6, 6.07) is 4.37. The fourth-order valence-corrected chi connectivity index (χ4v) is 1.48. The fraction of sp³-hybridized carbons (Fsp3) is 0.429. The van der Waals surface area contributed by atoms with Crippen LogP contribution in [0.4, 0.5) is 4.39 Å². The van der Waals surface area contributed by atoms with Gasteiger partial charge in [-0.2, -0.15) is 0 Å². The Morgan fingerprint density at radius 2 is 2.06 bits per heavy atom. The number of hydrogen-bond donors (Lipinski definition) is 1. The molecule has 0 aromatic heterocycles. The monoisotopic (exact) mass is 235 g/mol. The van der Waals surface area contributed by atoms with Gasteiger partial charge in [0.1, 0.15) is 11.6 Å². The summed E-state index contributed by atoms with van der Waals surface area (Å²) in [7, 11) is 0. The van der Waals surface area contributed by atoms with E-state index in [2.05, 4.69) is 11.8 Å². The number of halogens is 1. The molecule has 0 atom stereocenters. The van der Waals surface area contributed by atoms with E-state index in [-0.39, 0.29) is 18.5 Å². The average Bonchev–Trinajstić information content (AvgIpc) is 2.35. The molecular formula is C14H18FNO. The third-order valence-electron chi connectivity index (χ3n) is 2.47. The summed E-state index contributed by atoms with van der Waals surface area (Å²) in [5.74, 6) is 5.82. The second kappa shape index (κ2) is 6.93. The van der Waals surface area contributed by atoms with Crippen molar-refractivity contribution in [1.82, 2.24) is 0 Å². The Morgan fingerprint density at radius 3 is 2.65 bits per heavy atom. The van der Waals surface area contributed by atoms with Crippen molar-refractivity contribution in [3.05, 3.63) is 29.6 Å². The van der Waals surface area contributed by atoms with E-state index in [1.54, 1.807) is 6.07 Å². The highest BCUT2D eigenvalue weighted by atomic mass is 19.1. The number of benzene rings is 1. The highest BCUT2D eigenvalue weighted by Crippen LogP contribution is 2.21. The molecule has 0 aliphatic carbocycles. The van der Waals surface area contributed by atoms with Crippen LogP contribution in [0, 0.1) is 17.7 Å². The van der Waals surface area contributed by atoms with Crippen molar-refractivity contribution in [3.8, 4) is 17.6 Å². The van der Waals surface area contributed by atoms with Crippen LogP contribution in [0.5, 0.6) is 5.75 Å². The highest BCUT2D eigenvalue weighted by molar-refractivity contribution is 5.46. The Balaban J connectivity index is 2.98. The topological polar surface area (TPSA) is 35.2 Å². The van der Waals surface area contributed by atoms with Gasteiger partial charge >= 0.3 is 0 Å².